The van der Waals surface area contributed by atoms with E-state index in [0.717, 1.165) is 37.1 Å². The third-order valence-electron chi connectivity index (χ3n) is 5.75. The molecule has 2 aromatic rings. The minimum Gasteiger partial charge on any atom is -0.490 e. The predicted molar refractivity (Wildman–Crippen MR) is 121 cm³/mol. The van der Waals surface area contributed by atoms with Crippen molar-refractivity contribution >= 4 is 11.9 Å². The highest BCUT2D eigenvalue weighted by atomic mass is 16.6. The largest absolute Gasteiger partial charge is 0.490 e. The van der Waals surface area contributed by atoms with Crippen LogP contribution in [0.25, 0.3) is 0 Å². The number of piperidine rings is 1. The zero-order chi connectivity index (χ0) is 22.9. The van der Waals surface area contributed by atoms with E-state index in [0.29, 0.717) is 30.1 Å². The highest BCUT2D eigenvalue weighted by Gasteiger charge is 2.29. The number of likely N-dealkylation sites (tertiary alicyclic amines) is 1. The van der Waals surface area contributed by atoms with Gasteiger partial charge in [0.2, 0.25) is 5.78 Å². The number of hydrogen-bond donors (Lipinski definition) is 0. The molecule has 0 radical (unpaired) electrons. The number of aromatic nitrogens is 1. The fraction of sp³-hybridized carbons (Fsp3) is 0.480. The normalized spacial score (nSPS) is 17.2. The first-order chi connectivity index (χ1) is 15.2. The molecule has 1 amide bonds. The van der Waals surface area contributed by atoms with Crippen LogP contribution in [0.4, 0.5) is 4.79 Å². The first kappa shape index (κ1) is 22.3. The highest BCUT2D eigenvalue weighted by Crippen LogP contribution is 2.26. The van der Waals surface area contributed by atoms with Gasteiger partial charge in [0.1, 0.15) is 23.1 Å². The fourth-order valence-electron chi connectivity index (χ4n) is 4.02. The molecular formula is C25H31N3O4. The van der Waals surface area contributed by atoms with Crippen LogP contribution in [0.2, 0.25) is 0 Å². The number of rotatable bonds is 4. The first-order valence-electron chi connectivity index (χ1n) is 11.1. The SMILES string of the molecule is CN1CCC(Oc2cccc(C(=O)c3cc4c(cn3)CN(C(=O)OC(C)(C)C)C4)c2)CC1. The van der Waals surface area contributed by atoms with Crippen molar-refractivity contribution in [3.05, 3.63) is 58.9 Å². The van der Waals surface area contributed by atoms with Gasteiger partial charge in [-0.3, -0.25) is 14.7 Å². The van der Waals surface area contributed by atoms with Gasteiger partial charge in [-0.15, -0.1) is 0 Å². The zero-order valence-electron chi connectivity index (χ0n) is 19.3. The summed E-state index contributed by atoms with van der Waals surface area (Å²) in [6.07, 6.45) is 3.46. The van der Waals surface area contributed by atoms with Crippen molar-refractivity contribution < 1.29 is 19.1 Å². The summed E-state index contributed by atoms with van der Waals surface area (Å²) in [5.74, 6) is 0.556. The summed E-state index contributed by atoms with van der Waals surface area (Å²) in [5, 5.41) is 0. The van der Waals surface area contributed by atoms with Crippen molar-refractivity contribution in [1.29, 1.82) is 0 Å². The molecule has 32 heavy (non-hydrogen) atoms. The second kappa shape index (κ2) is 8.90. The number of carbonyl (C=O) groups excluding carboxylic acids is 2. The van der Waals surface area contributed by atoms with Crippen molar-refractivity contribution in [3.8, 4) is 5.75 Å². The number of fused-ring (bicyclic) bond motifs is 1. The number of nitrogens with zero attached hydrogens (tertiary/aromatic N) is 3. The maximum absolute atomic E-state index is 13.1. The van der Waals surface area contributed by atoms with Gasteiger partial charge in [-0.1, -0.05) is 12.1 Å². The lowest BCUT2D eigenvalue weighted by molar-refractivity contribution is 0.0241. The van der Waals surface area contributed by atoms with Gasteiger partial charge < -0.3 is 14.4 Å². The molecule has 0 aliphatic carbocycles. The predicted octanol–water partition coefficient (Wildman–Crippen LogP) is 4.04. The molecule has 7 nitrogen and oxygen atoms in total. The van der Waals surface area contributed by atoms with Gasteiger partial charge in [0, 0.05) is 31.4 Å². The molecule has 2 aliphatic rings. The van der Waals surface area contributed by atoms with E-state index in [1.165, 1.54) is 0 Å². The van der Waals surface area contributed by atoms with Crippen molar-refractivity contribution in [2.45, 2.75) is 58.4 Å². The average molecular weight is 438 g/mol. The standard InChI is InChI=1S/C25H31N3O4/c1-25(2,3)32-24(30)28-15-18-13-22(26-14-19(18)16-28)23(29)17-6-5-7-21(12-17)31-20-8-10-27(4)11-9-20/h5-7,12-14,20H,8-11,15-16H2,1-4H3. The van der Waals surface area contributed by atoms with Crippen LogP contribution in [-0.2, 0) is 17.8 Å². The van der Waals surface area contributed by atoms with E-state index in [-0.39, 0.29) is 18.0 Å². The van der Waals surface area contributed by atoms with Gasteiger partial charge in [-0.2, -0.15) is 0 Å². The van der Waals surface area contributed by atoms with Gasteiger partial charge >= 0.3 is 6.09 Å². The lowest BCUT2D eigenvalue weighted by atomic mass is 10.0. The quantitative estimate of drug-likeness (QED) is 0.673. The topological polar surface area (TPSA) is 72.0 Å². The maximum Gasteiger partial charge on any atom is 0.410 e. The van der Waals surface area contributed by atoms with Crippen molar-refractivity contribution in [2.75, 3.05) is 20.1 Å². The van der Waals surface area contributed by atoms with Crippen molar-refractivity contribution in [1.82, 2.24) is 14.8 Å². The Morgan fingerprint density at radius 2 is 1.78 bits per heavy atom. The summed E-state index contributed by atoms with van der Waals surface area (Å²) in [7, 11) is 2.12. The van der Waals surface area contributed by atoms with Crippen LogP contribution >= 0.6 is 0 Å². The van der Waals surface area contributed by atoms with Crippen LogP contribution in [0.1, 0.15) is 60.8 Å². The van der Waals surface area contributed by atoms with E-state index in [1.807, 2.05) is 32.9 Å². The number of ketones is 1. The van der Waals surface area contributed by atoms with E-state index in [9.17, 15) is 9.59 Å². The molecule has 170 valence electrons. The molecule has 2 aliphatic heterocycles. The second-order valence-electron chi connectivity index (χ2n) is 9.65. The van der Waals surface area contributed by atoms with Crippen LogP contribution < -0.4 is 4.74 Å². The summed E-state index contributed by atoms with van der Waals surface area (Å²) in [6.45, 7) is 8.41. The molecule has 1 aromatic heterocycles. The molecule has 0 unspecified atom stereocenters. The van der Waals surface area contributed by atoms with Gasteiger partial charge in [-0.25, -0.2) is 4.79 Å². The molecule has 1 saturated heterocycles. The monoisotopic (exact) mass is 437 g/mol. The van der Waals surface area contributed by atoms with Crippen LogP contribution in [0.5, 0.6) is 5.75 Å². The van der Waals surface area contributed by atoms with Crippen LogP contribution in [0, 0.1) is 0 Å². The number of ether oxygens (including phenoxy) is 2. The third-order valence-corrected chi connectivity index (χ3v) is 5.75. The molecule has 0 atom stereocenters. The van der Waals surface area contributed by atoms with Gasteiger partial charge in [0.25, 0.3) is 0 Å². The molecule has 0 N–H and O–H groups in total. The Morgan fingerprint density at radius 1 is 1.06 bits per heavy atom. The van der Waals surface area contributed by atoms with Gasteiger partial charge in [0.05, 0.1) is 6.54 Å². The van der Waals surface area contributed by atoms with E-state index < -0.39 is 5.60 Å². The van der Waals surface area contributed by atoms with Crippen LogP contribution in [-0.4, -0.2) is 58.5 Å². The Balaban J connectivity index is 1.44. The number of hydrogen-bond acceptors (Lipinski definition) is 6. The number of benzene rings is 1. The average Bonchev–Trinajstić information content (AvgIpc) is 3.18. The second-order valence-corrected chi connectivity index (χ2v) is 9.65. The summed E-state index contributed by atoms with van der Waals surface area (Å²) < 4.78 is 11.6. The fourth-order valence-corrected chi connectivity index (χ4v) is 4.02. The van der Waals surface area contributed by atoms with E-state index in [1.54, 1.807) is 29.3 Å². The molecule has 0 saturated carbocycles. The van der Waals surface area contributed by atoms with Crippen molar-refractivity contribution in [3.63, 3.8) is 0 Å². The third kappa shape index (κ3) is 5.27. The zero-order valence-corrected chi connectivity index (χ0v) is 19.3. The molecular weight excluding hydrogens is 406 g/mol. The lowest BCUT2D eigenvalue weighted by Crippen LogP contribution is -2.35. The molecule has 1 fully saturated rings. The Hall–Kier alpha value is -2.93. The Bertz CT molecular complexity index is 1010. The molecule has 0 bridgehead atoms. The van der Waals surface area contributed by atoms with Crippen LogP contribution in [0.15, 0.2) is 36.5 Å². The van der Waals surface area contributed by atoms with E-state index >= 15 is 0 Å². The molecule has 0 spiro atoms. The molecule has 3 heterocycles. The summed E-state index contributed by atoms with van der Waals surface area (Å²) in [6, 6.07) is 9.10. The molecule has 1 aromatic carbocycles. The smallest absolute Gasteiger partial charge is 0.410 e. The molecule has 7 heteroatoms. The van der Waals surface area contributed by atoms with Gasteiger partial charge in [-0.05, 0) is 70.0 Å². The number of carbonyl (C=O) groups is 2. The van der Waals surface area contributed by atoms with E-state index in [4.69, 9.17) is 9.47 Å². The summed E-state index contributed by atoms with van der Waals surface area (Å²) in [4.78, 5) is 33.8. The summed E-state index contributed by atoms with van der Waals surface area (Å²) >= 11 is 0. The van der Waals surface area contributed by atoms with E-state index in [2.05, 4.69) is 16.9 Å². The summed E-state index contributed by atoms with van der Waals surface area (Å²) in [5.41, 5.74) is 2.22. The number of amides is 1. The first-order valence-corrected chi connectivity index (χ1v) is 11.1. The Kier molecular flexibility index (Phi) is 6.20. The molecule has 4 rings (SSSR count). The highest BCUT2D eigenvalue weighted by molar-refractivity contribution is 6.08. The Morgan fingerprint density at radius 3 is 2.50 bits per heavy atom. The minimum atomic E-state index is -0.550. The van der Waals surface area contributed by atoms with Crippen LogP contribution in [0.3, 0.4) is 0 Å². The van der Waals surface area contributed by atoms with Crippen molar-refractivity contribution in [2.24, 2.45) is 0 Å². The van der Waals surface area contributed by atoms with Gasteiger partial charge in [0.15, 0.2) is 0 Å². The maximum atomic E-state index is 13.1. The Labute approximate surface area is 189 Å². The lowest BCUT2D eigenvalue weighted by Gasteiger charge is -2.29. The minimum absolute atomic E-state index is 0.155. The number of pyridine rings is 1.